The van der Waals surface area contributed by atoms with Crippen LogP contribution in [0.3, 0.4) is 0 Å². The lowest BCUT2D eigenvalue weighted by atomic mass is 9.83. The first-order valence-corrected chi connectivity index (χ1v) is 13.5. The maximum atomic E-state index is 14.9. The van der Waals surface area contributed by atoms with Crippen molar-refractivity contribution in [3.05, 3.63) is 23.5 Å². The number of carbonyl (C=O) groups is 3. The van der Waals surface area contributed by atoms with E-state index >= 15 is 0 Å². The van der Waals surface area contributed by atoms with Crippen molar-refractivity contribution >= 4 is 17.8 Å². The Labute approximate surface area is 218 Å². The standard InChI is InChI=1S/C28H39FN2O6/c1-5-36-28(34)16-8-10-19(11-9-16)37-23-13-20(22(35-4)14-21(23)29)26(32)31-25-18-7-6-17(12-18)24(25)27(33)30-15(2)3/h13-19,24-25H,5-12H2,1-4H3,(H,30,33)(H,31,32)/t16-,17-,18+,19+,24+,25-/m1/s1. The molecular weight excluding hydrogens is 479 g/mol. The van der Waals surface area contributed by atoms with Gasteiger partial charge in [0.1, 0.15) is 5.75 Å². The zero-order valence-electron chi connectivity index (χ0n) is 22.2. The number of carbonyl (C=O) groups excluding carboxylic acids is 3. The second-order valence-electron chi connectivity index (χ2n) is 10.8. The van der Waals surface area contributed by atoms with Crippen LogP contribution < -0.4 is 20.1 Å². The highest BCUT2D eigenvalue weighted by Crippen LogP contribution is 2.49. The molecule has 204 valence electrons. The van der Waals surface area contributed by atoms with Crippen molar-refractivity contribution in [2.75, 3.05) is 13.7 Å². The molecule has 0 aliphatic heterocycles. The molecule has 1 aromatic carbocycles. The number of hydrogen-bond donors (Lipinski definition) is 2. The summed E-state index contributed by atoms with van der Waals surface area (Å²) in [5, 5.41) is 6.08. The van der Waals surface area contributed by atoms with Gasteiger partial charge in [0, 0.05) is 18.2 Å². The first-order valence-electron chi connectivity index (χ1n) is 13.5. The van der Waals surface area contributed by atoms with Crippen molar-refractivity contribution in [1.29, 1.82) is 0 Å². The summed E-state index contributed by atoms with van der Waals surface area (Å²) in [6.07, 6.45) is 5.03. The van der Waals surface area contributed by atoms with Crippen LogP contribution in [-0.4, -0.2) is 49.7 Å². The molecule has 4 rings (SSSR count). The van der Waals surface area contributed by atoms with Gasteiger partial charge in [-0.05, 0) is 83.6 Å². The zero-order chi connectivity index (χ0) is 26.7. The topological polar surface area (TPSA) is 103 Å². The molecule has 2 amide bonds. The number of ether oxygens (including phenoxy) is 3. The quantitative estimate of drug-likeness (QED) is 0.479. The molecule has 37 heavy (non-hydrogen) atoms. The van der Waals surface area contributed by atoms with Crippen molar-refractivity contribution in [2.45, 2.75) is 83.9 Å². The Balaban J connectivity index is 1.46. The number of fused-ring (bicyclic) bond motifs is 2. The normalized spacial score (nSPS) is 28.6. The van der Waals surface area contributed by atoms with E-state index in [1.54, 1.807) is 6.92 Å². The molecule has 8 nitrogen and oxygen atoms in total. The monoisotopic (exact) mass is 518 g/mol. The van der Waals surface area contributed by atoms with Crippen LogP contribution in [0.4, 0.5) is 4.39 Å². The number of benzene rings is 1. The molecule has 0 unspecified atom stereocenters. The van der Waals surface area contributed by atoms with Gasteiger partial charge in [-0.1, -0.05) is 0 Å². The molecule has 2 bridgehead atoms. The van der Waals surface area contributed by atoms with Gasteiger partial charge >= 0.3 is 5.97 Å². The summed E-state index contributed by atoms with van der Waals surface area (Å²) in [5.74, 6) is -1.10. The molecule has 0 aromatic heterocycles. The summed E-state index contributed by atoms with van der Waals surface area (Å²) in [6.45, 7) is 5.98. The third-order valence-corrected chi connectivity index (χ3v) is 8.03. The summed E-state index contributed by atoms with van der Waals surface area (Å²) >= 11 is 0. The first kappa shape index (κ1) is 27.2. The van der Waals surface area contributed by atoms with E-state index in [2.05, 4.69) is 10.6 Å². The Morgan fingerprint density at radius 3 is 2.38 bits per heavy atom. The number of methoxy groups -OCH3 is 1. The first-order chi connectivity index (χ1) is 17.7. The molecule has 3 fully saturated rings. The van der Waals surface area contributed by atoms with Crippen molar-refractivity contribution in [3.63, 3.8) is 0 Å². The molecule has 0 radical (unpaired) electrons. The molecular formula is C28H39FN2O6. The number of nitrogens with one attached hydrogen (secondary N) is 2. The molecule has 3 aliphatic carbocycles. The number of halogens is 1. The molecule has 0 spiro atoms. The average Bonchev–Trinajstić information content (AvgIpc) is 3.47. The lowest BCUT2D eigenvalue weighted by Gasteiger charge is -2.31. The van der Waals surface area contributed by atoms with Gasteiger partial charge in [0.15, 0.2) is 11.6 Å². The van der Waals surface area contributed by atoms with E-state index in [1.807, 2.05) is 13.8 Å². The lowest BCUT2D eigenvalue weighted by molar-refractivity contribution is -0.149. The largest absolute Gasteiger partial charge is 0.496 e. The van der Waals surface area contributed by atoms with Crippen LogP contribution in [0, 0.1) is 29.5 Å². The van der Waals surface area contributed by atoms with Gasteiger partial charge in [-0.15, -0.1) is 0 Å². The number of rotatable bonds is 9. The third-order valence-electron chi connectivity index (χ3n) is 8.03. The van der Waals surface area contributed by atoms with Crippen LogP contribution >= 0.6 is 0 Å². The van der Waals surface area contributed by atoms with Crippen LogP contribution in [-0.2, 0) is 14.3 Å². The summed E-state index contributed by atoms with van der Waals surface area (Å²) in [6, 6.07) is 2.30. The molecule has 2 N–H and O–H groups in total. The van der Waals surface area contributed by atoms with Gasteiger partial charge < -0.3 is 24.8 Å². The van der Waals surface area contributed by atoms with Crippen LogP contribution in [0.15, 0.2) is 12.1 Å². The molecule has 9 heteroatoms. The summed E-state index contributed by atoms with van der Waals surface area (Å²) in [4.78, 5) is 38.4. The Morgan fingerprint density at radius 2 is 1.73 bits per heavy atom. The number of hydrogen-bond acceptors (Lipinski definition) is 6. The van der Waals surface area contributed by atoms with E-state index in [-0.39, 0.29) is 70.8 Å². The van der Waals surface area contributed by atoms with E-state index in [0.29, 0.717) is 32.3 Å². The Kier molecular flexibility index (Phi) is 8.60. The van der Waals surface area contributed by atoms with Crippen LogP contribution in [0.25, 0.3) is 0 Å². The number of esters is 1. The third kappa shape index (κ3) is 6.02. The van der Waals surface area contributed by atoms with E-state index in [1.165, 1.54) is 13.2 Å². The van der Waals surface area contributed by atoms with Gasteiger partial charge in [-0.3, -0.25) is 14.4 Å². The second-order valence-corrected chi connectivity index (χ2v) is 10.8. The van der Waals surface area contributed by atoms with Gasteiger partial charge in [-0.2, -0.15) is 0 Å². The highest BCUT2D eigenvalue weighted by molar-refractivity contribution is 5.98. The van der Waals surface area contributed by atoms with E-state index in [0.717, 1.165) is 25.3 Å². The van der Waals surface area contributed by atoms with Gasteiger partial charge in [-0.25, -0.2) is 4.39 Å². The maximum absolute atomic E-state index is 14.9. The SMILES string of the molecule is CCOC(=O)[C@H]1CC[C@@H](Oc2cc(C(=O)N[C@@H]3[C@H]4CC[C@H](C4)[C@@H]3C(=O)NC(C)C)c(OC)cc2F)CC1. The van der Waals surface area contributed by atoms with E-state index < -0.39 is 11.7 Å². The highest BCUT2D eigenvalue weighted by atomic mass is 19.1. The van der Waals surface area contributed by atoms with E-state index in [4.69, 9.17) is 14.2 Å². The van der Waals surface area contributed by atoms with E-state index in [9.17, 15) is 18.8 Å². The van der Waals surface area contributed by atoms with Crippen molar-refractivity contribution in [2.24, 2.45) is 23.7 Å². The fraction of sp³-hybridized carbons (Fsp3) is 0.679. The maximum Gasteiger partial charge on any atom is 0.308 e. The van der Waals surface area contributed by atoms with Crippen LogP contribution in [0.1, 0.15) is 76.1 Å². The minimum absolute atomic E-state index is 0.0206. The fourth-order valence-corrected chi connectivity index (χ4v) is 6.31. The predicted octanol–water partition coefficient (Wildman–Crippen LogP) is 4.00. The Hall–Kier alpha value is -2.84. The zero-order valence-corrected chi connectivity index (χ0v) is 22.2. The minimum atomic E-state index is -0.616. The Bertz CT molecular complexity index is 1010. The summed E-state index contributed by atoms with van der Waals surface area (Å²) in [5.41, 5.74) is 0.171. The lowest BCUT2D eigenvalue weighted by Crippen LogP contribution is -2.50. The highest BCUT2D eigenvalue weighted by Gasteiger charge is 2.51. The van der Waals surface area contributed by atoms with Crippen molar-refractivity contribution in [1.82, 2.24) is 10.6 Å². The minimum Gasteiger partial charge on any atom is -0.496 e. The predicted molar refractivity (Wildman–Crippen MR) is 135 cm³/mol. The van der Waals surface area contributed by atoms with Crippen LogP contribution in [0.2, 0.25) is 0 Å². The van der Waals surface area contributed by atoms with Gasteiger partial charge in [0.2, 0.25) is 5.91 Å². The molecule has 0 saturated heterocycles. The summed E-state index contributed by atoms with van der Waals surface area (Å²) < 4.78 is 31.3. The summed E-state index contributed by atoms with van der Waals surface area (Å²) in [7, 11) is 1.39. The fourth-order valence-electron chi connectivity index (χ4n) is 6.31. The molecule has 4 atom stereocenters. The molecule has 1 aromatic rings. The smallest absolute Gasteiger partial charge is 0.308 e. The molecule has 0 heterocycles. The molecule has 3 aliphatic rings. The molecule has 3 saturated carbocycles. The second kappa shape index (κ2) is 11.7. The van der Waals surface area contributed by atoms with Crippen molar-refractivity contribution < 1.29 is 33.0 Å². The average molecular weight is 519 g/mol. The Morgan fingerprint density at radius 1 is 1.03 bits per heavy atom. The van der Waals surface area contributed by atoms with Crippen molar-refractivity contribution in [3.8, 4) is 11.5 Å². The van der Waals surface area contributed by atoms with Gasteiger partial charge in [0.05, 0.1) is 37.2 Å². The number of amides is 2. The van der Waals surface area contributed by atoms with Crippen LogP contribution in [0.5, 0.6) is 11.5 Å². The van der Waals surface area contributed by atoms with Gasteiger partial charge in [0.25, 0.3) is 5.91 Å².